The van der Waals surface area contributed by atoms with Gasteiger partial charge >= 0.3 is 0 Å². The minimum Gasteiger partial charge on any atom is -0.496 e. The number of hydrogen-bond acceptors (Lipinski definition) is 3. The van der Waals surface area contributed by atoms with Crippen LogP contribution in [-0.4, -0.2) is 19.1 Å². The third-order valence-corrected chi connectivity index (χ3v) is 5.23. The third-order valence-electron chi connectivity index (χ3n) is 5.23. The monoisotopic (exact) mass is 348 g/mol. The number of rotatable bonds is 4. The maximum Gasteiger partial charge on any atom is 0.262 e. The molecule has 2 aromatic carbocycles. The van der Waals surface area contributed by atoms with Gasteiger partial charge in [0.2, 0.25) is 0 Å². The molecule has 0 bridgehead atoms. The van der Waals surface area contributed by atoms with Crippen molar-refractivity contribution in [1.29, 1.82) is 5.26 Å². The molecule has 0 heterocycles. The summed E-state index contributed by atoms with van der Waals surface area (Å²) in [4.78, 5) is 12.6. The number of carbonyl (C=O) groups excluding carboxylic acids is 1. The maximum absolute atomic E-state index is 12.6. The molecule has 0 radical (unpaired) electrons. The van der Waals surface area contributed by atoms with Crippen molar-refractivity contribution in [2.45, 2.75) is 38.6 Å². The van der Waals surface area contributed by atoms with Gasteiger partial charge in [-0.1, -0.05) is 50.1 Å². The number of carbonyl (C=O) groups is 1. The number of amides is 1. The van der Waals surface area contributed by atoms with Crippen LogP contribution in [-0.2, 0) is 4.79 Å². The minimum absolute atomic E-state index is 0.137. The Morgan fingerprint density at radius 3 is 2.62 bits per heavy atom. The van der Waals surface area contributed by atoms with Crippen LogP contribution >= 0.6 is 0 Å². The summed E-state index contributed by atoms with van der Waals surface area (Å²) in [5.41, 5.74) is 0.975. The van der Waals surface area contributed by atoms with Crippen LogP contribution in [0.4, 0.5) is 0 Å². The van der Waals surface area contributed by atoms with Crippen molar-refractivity contribution in [3.8, 4) is 11.8 Å². The standard InChI is InChI=1S/C22H24N2O2/c1-15-7-3-6-10-20(15)24-22(25)17(14-23)13-16-11-12-21(26-2)19-9-5-4-8-18(16)19/h4-5,8-9,11-13,15,20H,3,6-7,10H2,1-2H3,(H,24,25)/b17-13+/t15-,20+/m0/s1. The summed E-state index contributed by atoms with van der Waals surface area (Å²) >= 11 is 0. The molecule has 26 heavy (non-hydrogen) atoms. The van der Waals surface area contributed by atoms with E-state index in [4.69, 9.17) is 4.74 Å². The molecule has 0 spiro atoms. The van der Waals surface area contributed by atoms with Crippen LogP contribution < -0.4 is 10.1 Å². The van der Waals surface area contributed by atoms with Crippen LogP contribution in [0.5, 0.6) is 5.75 Å². The number of benzene rings is 2. The number of hydrogen-bond donors (Lipinski definition) is 1. The zero-order valence-corrected chi connectivity index (χ0v) is 15.3. The van der Waals surface area contributed by atoms with Gasteiger partial charge in [0.05, 0.1) is 7.11 Å². The topological polar surface area (TPSA) is 62.1 Å². The van der Waals surface area contributed by atoms with Gasteiger partial charge in [0.25, 0.3) is 5.91 Å². The van der Waals surface area contributed by atoms with E-state index < -0.39 is 0 Å². The molecule has 4 nitrogen and oxygen atoms in total. The fourth-order valence-electron chi connectivity index (χ4n) is 3.68. The molecule has 3 rings (SSSR count). The summed E-state index contributed by atoms with van der Waals surface area (Å²) in [7, 11) is 1.64. The Morgan fingerprint density at radius 2 is 1.92 bits per heavy atom. The van der Waals surface area contributed by atoms with Crippen LogP contribution in [0.25, 0.3) is 16.8 Å². The molecule has 1 N–H and O–H groups in total. The summed E-state index contributed by atoms with van der Waals surface area (Å²) in [5, 5.41) is 14.5. The molecule has 0 unspecified atom stereocenters. The minimum atomic E-state index is -0.286. The number of fused-ring (bicyclic) bond motifs is 1. The zero-order chi connectivity index (χ0) is 18.5. The Balaban J connectivity index is 1.91. The van der Waals surface area contributed by atoms with E-state index in [0.29, 0.717) is 5.92 Å². The van der Waals surface area contributed by atoms with Gasteiger partial charge in [0, 0.05) is 11.4 Å². The van der Waals surface area contributed by atoms with Crippen molar-refractivity contribution in [3.05, 3.63) is 47.5 Å². The van der Waals surface area contributed by atoms with E-state index in [1.807, 2.05) is 36.4 Å². The summed E-state index contributed by atoms with van der Waals surface area (Å²) < 4.78 is 5.41. The Morgan fingerprint density at radius 1 is 1.19 bits per heavy atom. The SMILES string of the molecule is COc1ccc(/C=C(\C#N)C(=O)N[C@@H]2CCCC[C@@H]2C)c2ccccc12. The van der Waals surface area contributed by atoms with Crippen molar-refractivity contribution < 1.29 is 9.53 Å². The normalized spacial score (nSPS) is 20.4. The van der Waals surface area contributed by atoms with E-state index in [1.165, 1.54) is 6.42 Å². The van der Waals surface area contributed by atoms with Gasteiger partial charge in [0.1, 0.15) is 17.4 Å². The first kappa shape index (κ1) is 18.0. The van der Waals surface area contributed by atoms with Gasteiger partial charge in [-0.3, -0.25) is 4.79 Å². The second-order valence-corrected chi connectivity index (χ2v) is 6.91. The Labute approximate surface area is 154 Å². The molecule has 2 atom stereocenters. The van der Waals surface area contributed by atoms with E-state index in [9.17, 15) is 10.1 Å². The highest BCUT2D eigenvalue weighted by Gasteiger charge is 2.24. The lowest BCUT2D eigenvalue weighted by molar-refractivity contribution is -0.118. The van der Waals surface area contributed by atoms with Crippen molar-refractivity contribution in [3.63, 3.8) is 0 Å². The third kappa shape index (κ3) is 3.72. The lowest BCUT2D eigenvalue weighted by Gasteiger charge is -2.29. The predicted molar refractivity (Wildman–Crippen MR) is 104 cm³/mol. The largest absolute Gasteiger partial charge is 0.496 e. The summed E-state index contributed by atoms with van der Waals surface area (Å²) in [6.07, 6.45) is 6.12. The number of nitrogens with one attached hydrogen (secondary N) is 1. The smallest absolute Gasteiger partial charge is 0.262 e. The fourth-order valence-corrected chi connectivity index (χ4v) is 3.68. The molecule has 0 aliphatic heterocycles. The summed E-state index contributed by atoms with van der Waals surface area (Å²) in [6.45, 7) is 2.16. The summed E-state index contributed by atoms with van der Waals surface area (Å²) in [6, 6.07) is 13.8. The highest BCUT2D eigenvalue weighted by atomic mass is 16.5. The molecule has 1 aliphatic rings. The first-order valence-electron chi connectivity index (χ1n) is 9.12. The zero-order valence-electron chi connectivity index (χ0n) is 15.3. The van der Waals surface area contributed by atoms with Gasteiger partial charge in [-0.15, -0.1) is 0 Å². The summed E-state index contributed by atoms with van der Waals surface area (Å²) in [5.74, 6) is 0.942. The molecular weight excluding hydrogens is 324 g/mol. The van der Waals surface area contributed by atoms with Gasteiger partial charge in [-0.25, -0.2) is 0 Å². The van der Waals surface area contributed by atoms with Crippen LogP contribution in [0.2, 0.25) is 0 Å². The van der Waals surface area contributed by atoms with Crippen molar-refractivity contribution in [2.75, 3.05) is 7.11 Å². The van der Waals surface area contributed by atoms with Crippen LogP contribution in [0.1, 0.15) is 38.2 Å². The number of ether oxygens (including phenoxy) is 1. The molecule has 0 saturated heterocycles. The van der Waals surface area contributed by atoms with Gasteiger partial charge in [-0.2, -0.15) is 5.26 Å². The second-order valence-electron chi connectivity index (χ2n) is 6.91. The molecule has 4 heteroatoms. The first-order valence-corrected chi connectivity index (χ1v) is 9.12. The van der Waals surface area contributed by atoms with Gasteiger partial charge in [0.15, 0.2) is 0 Å². The lowest BCUT2D eigenvalue weighted by Crippen LogP contribution is -2.41. The highest BCUT2D eigenvalue weighted by Crippen LogP contribution is 2.30. The van der Waals surface area contributed by atoms with Gasteiger partial charge in [-0.05, 0) is 41.9 Å². The molecular formula is C22H24N2O2. The molecule has 0 aromatic heterocycles. The van der Waals surface area contributed by atoms with Gasteiger partial charge < -0.3 is 10.1 Å². The molecule has 1 saturated carbocycles. The number of methoxy groups -OCH3 is 1. The molecule has 134 valence electrons. The molecule has 2 aromatic rings. The Hall–Kier alpha value is -2.80. The average Bonchev–Trinajstić information content (AvgIpc) is 2.67. The molecule has 1 aliphatic carbocycles. The van der Waals surface area contributed by atoms with Crippen molar-refractivity contribution in [1.82, 2.24) is 5.32 Å². The predicted octanol–water partition coefficient (Wildman–Crippen LogP) is 4.45. The Bertz CT molecular complexity index is 879. The lowest BCUT2D eigenvalue weighted by atomic mass is 9.86. The Kier molecular flexibility index (Phi) is 5.58. The van der Waals surface area contributed by atoms with Crippen molar-refractivity contribution >= 4 is 22.8 Å². The first-order chi connectivity index (χ1) is 12.6. The maximum atomic E-state index is 12.6. The van der Waals surface area contributed by atoms with E-state index in [2.05, 4.69) is 18.3 Å². The molecule has 1 amide bonds. The van der Waals surface area contributed by atoms with Crippen LogP contribution in [0, 0.1) is 17.2 Å². The highest BCUT2D eigenvalue weighted by molar-refractivity contribution is 6.04. The second kappa shape index (κ2) is 8.05. The van der Waals surface area contributed by atoms with E-state index in [0.717, 1.165) is 41.3 Å². The van der Waals surface area contributed by atoms with E-state index >= 15 is 0 Å². The molecule has 1 fully saturated rings. The quantitative estimate of drug-likeness (QED) is 0.656. The van der Waals surface area contributed by atoms with E-state index in [-0.39, 0.29) is 17.5 Å². The number of nitriles is 1. The van der Waals surface area contributed by atoms with Crippen molar-refractivity contribution in [2.24, 2.45) is 5.92 Å². The van der Waals surface area contributed by atoms with Crippen LogP contribution in [0.3, 0.4) is 0 Å². The van der Waals surface area contributed by atoms with E-state index in [1.54, 1.807) is 13.2 Å². The van der Waals surface area contributed by atoms with Crippen LogP contribution in [0.15, 0.2) is 42.0 Å². The fraction of sp³-hybridized carbons (Fsp3) is 0.364. The number of nitrogens with zero attached hydrogens (tertiary/aromatic N) is 1. The average molecular weight is 348 g/mol.